The van der Waals surface area contributed by atoms with Gasteiger partial charge in [0.2, 0.25) is 0 Å². The van der Waals surface area contributed by atoms with Crippen LogP contribution in [0.2, 0.25) is 0 Å². The molecule has 1 aliphatic rings. The second-order valence-corrected chi connectivity index (χ2v) is 7.01. The quantitative estimate of drug-likeness (QED) is 0.376. The average Bonchev–Trinajstić information content (AvgIpc) is 3.22. The minimum atomic E-state index is -0.616. The van der Waals surface area contributed by atoms with Gasteiger partial charge in [0, 0.05) is 28.2 Å². The van der Waals surface area contributed by atoms with Crippen molar-refractivity contribution in [2.24, 2.45) is 0 Å². The lowest BCUT2D eigenvalue weighted by molar-refractivity contribution is -0.143. The molecular formula is C23H20FN3O4. The van der Waals surface area contributed by atoms with Gasteiger partial charge in [0.05, 0.1) is 13.2 Å². The molecule has 7 nitrogen and oxygen atoms in total. The fourth-order valence-electron chi connectivity index (χ4n) is 3.53. The first-order valence-corrected chi connectivity index (χ1v) is 9.79. The van der Waals surface area contributed by atoms with E-state index in [0.29, 0.717) is 5.56 Å². The van der Waals surface area contributed by atoms with E-state index < -0.39 is 17.8 Å². The second-order valence-electron chi connectivity index (χ2n) is 7.01. The molecule has 1 aromatic heterocycles. The summed E-state index contributed by atoms with van der Waals surface area (Å²) in [6, 6.07) is 12.8. The summed E-state index contributed by atoms with van der Waals surface area (Å²) in [5, 5.41) is 3.37. The molecule has 8 heteroatoms. The number of urea groups is 1. The molecule has 1 saturated heterocycles. The summed E-state index contributed by atoms with van der Waals surface area (Å²) in [7, 11) is 0. The molecule has 1 fully saturated rings. The van der Waals surface area contributed by atoms with Crippen LogP contribution in [-0.2, 0) is 27.4 Å². The number of hydrogen-bond acceptors (Lipinski definition) is 4. The molecule has 0 spiro atoms. The zero-order valence-electron chi connectivity index (χ0n) is 16.8. The topological polar surface area (TPSA) is 80.6 Å². The molecular weight excluding hydrogens is 401 g/mol. The van der Waals surface area contributed by atoms with Gasteiger partial charge in [0.15, 0.2) is 0 Å². The van der Waals surface area contributed by atoms with E-state index in [2.05, 4.69) is 5.32 Å². The Bertz CT molecular complexity index is 1210. The molecule has 0 saturated carbocycles. The number of amides is 3. The fourth-order valence-corrected chi connectivity index (χ4v) is 3.53. The lowest BCUT2D eigenvalue weighted by Gasteiger charge is -2.12. The molecule has 0 bridgehead atoms. The Kier molecular flexibility index (Phi) is 5.53. The van der Waals surface area contributed by atoms with Crippen molar-refractivity contribution in [1.82, 2.24) is 14.8 Å². The SMILES string of the molecule is CCOC(=O)Cn1cc(/C=C2/NC(=O)N(Cc3ccccc3F)C2=O)c2ccccc21. The van der Waals surface area contributed by atoms with Crippen LogP contribution in [0.3, 0.4) is 0 Å². The van der Waals surface area contributed by atoms with Gasteiger partial charge in [-0.3, -0.25) is 14.5 Å². The number of carbonyl (C=O) groups excluding carboxylic acids is 3. The van der Waals surface area contributed by atoms with Crippen molar-refractivity contribution in [3.05, 3.63) is 77.4 Å². The van der Waals surface area contributed by atoms with E-state index in [1.807, 2.05) is 24.3 Å². The maximum absolute atomic E-state index is 14.0. The zero-order chi connectivity index (χ0) is 22.0. The van der Waals surface area contributed by atoms with Gasteiger partial charge in [-0.25, -0.2) is 9.18 Å². The average molecular weight is 421 g/mol. The summed E-state index contributed by atoms with van der Waals surface area (Å²) in [4.78, 5) is 38.1. The molecule has 158 valence electrons. The van der Waals surface area contributed by atoms with Gasteiger partial charge in [-0.1, -0.05) is 36.4 Å². The summed E-state index contributed by atoms with van der Waals surface area (Å²) < 4.78 is 20.7. The summed E-state index contributed by atoms with van der Waals surface area (Å²) >= 11 is 0. The number of aromatic nitrogens is 1. The number of carbonyl (C=O) groups is 3. The van der Waals surface area contributed by atoms with Crippen LogP contribution in [0.15, 0.2) is 60.4 Å². The van der Waals surface area contributed by atoms with Crippen LogP contribution < -0.4 is 5.32 Å². The summed E-state index contributed by atoms with van der Waals surface area (Å²) in [6.45, 7) is 1.88. The van der Waals surface area contributed by atoms with Crippen molar-refractivity contribution in [2.75, 3.05) is 6.61 Å². The van der Waals surface area contributed by atoms with Crippen molar-refractivity contribution in [3.8, 4) is 0 Å². The highest BCUT2D eigenvalue weighted by Crippen LogP contribution is 2.25. The second kappa shape index (κ2) is 8.43. The predicted molar refractivity (Wildman–Crippen MR) is 112 cm³/mol. The molecule has 1 N–H and O–H groups in total. The molecule has 0 atom stereocenters. The van der Waals surface area contributed by atoms with Gasteiger partial charge in [-0.2, -0.15) is 0 Å². The highest BCUT2D eigenvalue weighted by Gasteiger charge is 2.34. The molecule has 3 amide bonds. The number of nitrogens with zero attached hydrogens (tertiary/aromatic N) is 2. The Labute approximate surface area is 177 Å². The number of imide groups is 1. The number of para-hydroxylation sites is 1. The van der Waals surface area contributed by atoms with Crippen molar-refractivity contribution >= 4 is 34.9 Å². The fraction of sp³-hybridized carbons (Fsp3) is 0.174. The van der Waals surface area contributed by atoms with Crippen LogP contribution in [0.25, 0.3) is 17.0 Å². The van der Waals surface area contributed by atoms with Crippen molar-refractivity contribution in [3.63, 3.8) is 0 Å². The molecule has 4 rings (SSSR count). The first kappa shape index (κ1) is 20.3. The lowest BCUT2D eigenvalue weighted by atomic mass is 10.1. The minimum absolute atomic E-state index is 0.0250. The Morgan fingerprint density at radius 2 is 1.87 bits per heavy atom. The zero-order valence-corrected chi connectivity index (χ0v) is 16.8. The Morgan fingerprint density at radius 3 is 2.65 bits per heavy atom. The monoisotopic (exact) mass is 421 g/mol. The summed E-state index contributed by atoms with van der Waals surface area (Å²) in [5.74, 6) is -1.40. The van der Waals surface area contributed by atoms with Crippen molar-refractivity contribution < 1.29 is 23.5 Å². The third kappa shape index (κ3) is 4.05. The Hall–Kier alpha value is -3.94. The third-order valence-electron chi connectivity index (χ3n) is 4.97. The maximum atomic E-state index is 14.0. The highest BCUT2D eigenvalue weighted by molar-refractivity contribution is 6.14. The molecule has 0 aliphatic carbocycles. The number of ether oxygens (including phenoxy) is 1. The molecule has 0 unspecified atom stereocenters. The number of nitrogens with one attached hydrogen (secondary N) is 1. The van der Waals surface area contributed by atoms with Gasteiger partial charge in [0.1, 0.15) is 18.1 Å². The van der Waals surface area contributed by atoms with Crippen LogP contribution >= 0.6 is 0 Å². The number of halogens is 1. The van der Waals surface area contributed by atoms with E-state index >= 15 is 0 Å². The van der Waals surface area contributed by atoms with Gasteiger partial charge < -0.3 is 14.6 Å². The van der Waals surface area contributed by atoms with E-state index in [1.165, 1.54) is 12.1 Å². The molecule has 1 aliphatic heterocycles. The van der Waals surface area contributed by atoms with Crippen LogP contribution in [0.4, 0.5) is 9.18 Å². The van der Waals surface area contributed by atoms with Gasteiger partial charge >= 0.3 is 12.0 Å². The van der Waals surface area contributed by atoms with E-state index in [4.69, 9.17) is 4.74 Å². The van der Waals surface area contributed by atoms with Crippen molar-refractivity contribution in [1.29, 1.82) is 0 Å². The third-order valence-corrected chi connectivity index (χ3v) is 4.97. The van der Waals surface area contributed by atoms with Crippen LogP contribution in [-0.4, -0.2) is 34.0 Å². The minimum Gasteiger partial charge on any atom is -0.465 e. The predicted octanol–water partition coefficient (Wildman–Crippen LogP) is 3.44. The van der Waals surface area contributed by atoms with Crippen LogP contribution in [0.5, 0.6) is 0 Å². The van der Waals surface area contributed by atoms with E-state index in [1.54, 1.807) is 35.9 Å². The van der Waals surface area contributed by atoms with Gasteiger partial charge in [-0.05, 0) is 25.1 Å². The maximum Gasteiger partial charge on any atom is 0.329 e. The summed E-state index contributed by atoms with van der Waals surface area (Å²) in [5.41, 5.74) is 1.79. The number of esters is 1. The number of hydrogen-bond donors (Lipinski definition) is 1. The first-order valence-electron chi connectivity index (χ1n) is 9.79. The van der Waals surface area contributed by atoms with Crippen LogP contribution in [0, 0.1) is 5.82 Å². The largest absolute Gasteiger partial charge is 0.465 e. The van der Waals surface area contributed by atoms with Gasteiger partial charge in [-0.15, -0.1) is 0 Å². The number of benzene rings is 2. The standard InChI is InChI=1S/C23H20FN3O4/c1-2-31-21(28)14-26-12-16(17-8-4-6-10-20(17)26)11-19-22(29)27(23(30)25-19)13-15-7-3-5-9-18(15)24/h3-12H,2,13-14H2,1H3,(H,25,30)/b19-11+. The Balaban J connectivity index is 1.64. The smallest absolute Gasteiger partial charge is 0.329 e. The number of rotatable bonds is 6. The van der Waals surface area contributed by atoms with E-state index in [-0.39, 0.29) is 36.9 Å². The molecule has 2 aromatic carbocycles. The molecule has 3 aromatic rings. The van der Waals surface area contributed by atoms with E-state index in [9.17, 15) is 18.8 Å². The normalized spacial score (nSPS) is 15.0. The molecule has 31 heavy (non-hydrogen) atoms. The first-order chi connectivity index (χ1) is 15.0. The Morgan fingerprint density at radius 1 is 1.13 bits per heavy atom. The highest BCUT2D eigenvalue weighted by atomic mass is 19.1. The molecule has 0 radical (unpaired) electrons. The summed E-state index contributed by atoms with van der Waals surface area (Å²) in [6.07, 6.45) is 3.29. The van der Waals surface area contributed by atoms with E-state index in [0.717, 1.165) is 15.8 Å². The van der Waals surface area contributed by atoms with Crippen LogP contribution in [0.1, 0.15) is 18.1 Å². The lowest BCUT2D eigenvalue weighted by Crippen LogP contribution is -2.30. The number of fused-ring (bicyclic) bond motifs is 1. The van der Waals surface area contributed by atoms with Crippen molar-refractivity contribution in [2.45, 2.75) is 20.0 Å². The van der Waals surface area contributed by atoms with Gasteiger partial charge in [0.25, 0.3) is 5.91 Å². The molecule has 2 heterocycles.